The maximum absolute atomic E-state index is 5.50. The van der Waals surface area contributed by atoms with Crippen molar-refractivity contribution in [2.24, 2.45) is 5.92 Å². The van der Waals surface area contributed by atoms with Crippen LogP contribution < -0.4 is 4.74 Å². The second-order valence-electron chi connectivity index (χ2n) is 4.54. The molecule has 0 spiro atoms. The van der Waals surface area contributed by atoms with Crippen LogP contribution in [-0.2, 0) is 6.42 Å². The van der Waals surface area contributed by atoms with Gasteiger partial charge in [-0.15, -0.1) is 0 Å². The molecule has 0 radical (unpaired) electrons. The van der Waals surface area contributed by atoms with Crippen LogP contribution in [0.25, 0.3) is 0 Å². The van der Waals surface area contributed by atoms with Crippen molar-refractivity contribution in [2.75, 3.05) is 6.61 Å². The van der Waals surface area contributed by atoms with Crippen molar-refractivity contribution >= 4 is 0 Å². The summed E-state index contributed by atoms with van der Waals surface area (Å²) >= 11 is 0. The zero-order valence-electron chi connectivity index (χ0n) is 11.5. The molecule has 0 aliphatic rings. The highest BCUT2D eigenvalue weighted by atomic mass is 16.5. The third-order valence-corrected chi connectivity index (χ3v) is 2.87. The van der Waals surface area contributed by atoms with Gasteiger partial charge in [-0.05, 0) is 55.9 Å². The molecule has 0 aliphatic carbocycles. The molecule has 94 valence electrons. The molecule has 1 aromatic rings. The van der Waals surface area contributed by atoms with E-state index in [1.807, 2.05) is 6.92 Å². The Hall–Kier alpha value is -1.24. The minimum Gasteiger partial charge on any atom is -0.494 e. The molecule has 1 unspecified atom stereocenters. The summed E-state index contributed by atoms with van der Waals surface area (Å²) in [6, 6.07) is 6.40. The lowest BCUT2D eigenvalue weighted by Crippen LogP contribution is -1.99. The van der Waals surface area contributed by atoms with Crippen LogP contribution in [-0.4, -0.2) is 6.61 Å². The molecule has 1 rings (SSSR count). The molecule has 1 heteroatoms. The van der Waals surface area contributed by atoms with Gasteiger partial charge in [-0.25, -0.2) is 0 Å². The van der Waals surface area contributed by atoms with Crippen molar-refractivity contribution < 1.29 is 4.74 Å². The van der Waals surface area contributed by atoms with Crippen molar-refractivity contribution in [3.63, 3.8) is 0 Å². The first-order valence-corrected chi connectivity index (χ1v) is 6.56. The van der Waals surface area contributed by atoms with E-state index in [4.69, 9.17) is 4.74 Å². The quantitative estimate of drug-likeness (QED) is 0.654. The van der Waals surface area contributed by atoms with Gasteiger partial charge in [0.15, 0.2) is 0 Å². The number of benzene rings is 1. The van der Waals surface area contributed by atoms with E-state index in [9.17, 15) is 0 Å². The molecule has 0 saturated carbocycles. The molecule has 0 saturated heterocycles. The lowest BCUT2D eigenvalue weighted by molar-refractivity contribution is 0.340. The summed E-state index contributed by atoms with van der Waals surface area (Å²) in [7, 11) is 0. The van der Waals surface area contributed by atoms with Gasteiger partial charge in [0.05, 0.1) is 6.61 Å². The summed E-state index contributed by atoms with van der Waals surface area (Å²) in [6.07, 6.45) is 6.77. The molecule has 1 atom stereocenters. The van der Waals surface area contributed by atoms with Crippen LogP contribution >= 0.6 is 0 Å². The molecule has 0 heterocycles. The molecule has 17 heavy (non-hydrogen) atoms. The van der Waals surface area contributed by atoms with Gasteiger partial charge in [0.2, 0.25) is 0 Å². The standard InChI is InChI=1S/C16H24O/c1-5-7-8-13(3)11-15-9-10-16(17-6-2)12-14(15)4/h7-10,12-13H,5-6,11H2,1-4H3/b8-7-. The Labute approximate surface area is 106 Å². The predicted molar refractivity (Wildman–Crippen MR) is 74.6 cm³/mol. The first-order chi connectivity index (χ1) is 8.17. The molecule has 1 aromatic carbocycles. The summed E-state index contributed by atoms with van der Waals surface area (Å²) in [5, 5.41) is 0. The van der Waals surface area contributed by atoms with Gasteiger partial charge in [-0.2, -0.15) is 0 Å². The lowest BCUT2D eigenvalue weighted by Gasteiger charge is -2.11. The highest BCUT2D eigenvalue weighted by Crippen LogP contribution is 2.20. The minimum absolute atomic E-state index is 0.603. The first kappa shape index (κ1) is 13.8. The Balaban J connectivity index is 2.68. The highest BCUT2D eigenvalue weighted by molar-refractivity contribution is 5.35. The first-order valence-electron chi connectivity index (χ1n) is 6.56. The van der Waals surface area contributed by atoms with Crippen molar-refractivity contribution in [2.45, 2.75) is 40.5 Å². The second-order valence-corrected chi connectivity index (χ2v) is 4.54. The predicted octanol–water partition coefficient (Wildman–Crippen LogP) is 4.54. The summed E-state index contributed by atoms with van der Waals surface area (Å²) in [6.45, 7) is 9.34. The van der Waals surface area contributed by atoms with Gasteiger partial charge in [0.25, 0.3) is 0 Å². The minimum atomic E-state index is 0.603. The van der Waals surface area contributed by atoms with Crippen LogP contribution in [0, 0.1) is 12.8 Å². The average Bonchev–Trinajstić information content (AvgIpc) is 2.30. The fraction of sp³-hybridized carbons (Fsp3) is 0.500. The second kappa shape index (κ2) is 7.16. The van der Waals surface area contributed by atoms with Crippen LogP contribution in [0.4, 0.5) is 0 Å². The van der Waals surface area contributed by atoms with Crippen LogP contribution in [0.3, 0.4) is 0 Å². The molecule has 0 amide bonds. The van der Waals surface area contributed by atoms with Crippen molar-refractivity contribution in [3.05, 3.63) is 41.5 Å². The molecule has 1 nitrogen and oxygen atoms in total. The number of hydrogen-bond acceptors (Lipinski definition) is 1. The molecule has 0 bridgehead atoms. The number of rotatable bonds is 6. The van der Waals surface area contributed by atoms with E-state index in [1.165, 1.54) is 11.1 Å². The van der Waals surface area contributed by atoms with Gasteiger partial charge >= 0.3 is 0 Å². The third-order valence-electron chi connectivity index (χ3n) is 2.87. The monoisotopic (exact) mass is 232 g/mol. The van der Waals surface area contributed by atoms with E-state index in [0.29, 0.717) is 5.92 Å². The number of aryl methyl sites for hydroxylation is 1. The van der Waals surface area contributed by atoms with Crippen LogP contribution in [0.5, 0.6) is 5.75 Å². The van der Waals surface area contributed by atoms with Crippen LogP contribution in [0.1, 0.15) is 38.3 Å². The van der Waals surface area contributed by atoms with Crippen molar-refractivity contribution in [3.8, 4) is 5.75 Å². The summed E-state index contributed by atoms with van der Waals surface area (Å²) in [5.41, 5.74) is 2.74. The maximum Gasteiger partial charge on any atom is 0.119 e. The Morgan fingerprint density at radius 3 is 2.65 bits per heavy atom. The van der Waals surface area contributed by atoms with E-state index in [-0.39, 0.29) is 0 Å². The topological polar surface area (TPSA) is 9.23 Å². The molecular weight excluding hydrogens is 208 g/mol. The fourth-order valence-corrected chi connectivity index (χ4v) is 1.94. The van der Waals surface area contributed by atoms with Crippen LogP contribution in [0.2, 0.25) is 0 Å². The summed E-state index contributed by atoms with van der Waals surface area (Å²) in [5.74, 6) is 1.58. The van der Waals surface area contributed by atoms with Gasteiger partial charge in [-0.3, -0.25) is 0 Å². The Morgan fingerprint density at radius 1 is 1.29 bits per heavy atom. The van der Waals surface area contributed by atoms with Crippen LogP contribution in [0.15, 0.2) is 30.4 Å². The smallest absolute Gasteiger partial charge is 0.119 e. The largest absolute Gasteiger partial charge is 0.494 e. The van der Waals surface area contributed by atoms with Gasteiger partial charge in [0.1, 0.15) is 5.75 Å². The van der Waals surface area contributed by atoms with E-state index >= 15 is 0 Å². The molecule has 0 fully saturated rings. The molecule has 0 aromatic heterocycles. The van der Waals surface area contributed by atoms with Gasteiger partial charge in [-0.1, -0.05) is 32.1 Å². The molecule has 0 aliphatic heterocycles. The SMILES string of the molecule is CC/C=C\C(C)Cc1ccc(OCC)cc1C. The molecular formula is C16H24O. The zero-order chi connectivity index (χ0) is 12.7. The number of ether oxygens (including phenoxy) is 1. The maximum atomic E-state index is 5.50. The Kier molecular flexibility index (Phi) is 5.82. The summed E-state index contributed by atoms with van der Waals surface area (Å²) < 4.78 is 5.50. The van der Waals surface area contributed by atoms with Gasteiger partial charge in [0, 0.05) is 0 Å². The Morgan fingerprint density at radius 2 is 2.06 bits per heavy atom. The normalized spacial score (nSPS) is 12.9. The summed E-state index contributed by atoms with van der Waals surface area (Å²) in [4.78, 5) is 0. The van der Waals surface area contributed by atoms with E-state index in [0.717, 1.165) is 25.2 Å². The fourth-order valence-electron chi connectivity index (χ4n) is 1.94. The van der Waals surface area contributed by atoms with E-state index in [2.05, 4.69) is 51.1 Å². The van der Waals surface area contributed by atoms with Crippen molar-refractivity contribution in [1.82, 2.24) is 0 Å². The lowest BCUT2D eigenvalue weighted by atomic mass is 9.97. The molecule has 0 N–H and O–H groups in total. The highest BCUT2D eigenvalue weighted by Gasteiger charge is 2.04. The van der Waals surface area contributed by atoms with E-state index in [1.54, 1.807) is 0 Å². The number of hydrogen-bond donors (Lipinski definition) is 0. The zero-order valence-corrected chi connectivity index (χ0v) is 11.5. The van der Waals surface area contributed by atoms with Crippen molar-refractivity contribution in [1.29, 1.82) is 0 Å². The number of allylic oxidation sites excluding steroid dienone is 2. The third kappa shape index (κ3) is 4.64. The average molecular weight is 232 g/mol. The van der Waals surface area contributed by atoms with E-state index < -0.39 is 0 Å². The van der Waals surface area contributed by atoms with Gasteiger partial charge < -0.3 is 4.74 Å². The Bertz CT molecular complexity index is 366.